The molecule has 1 amide bonds. The molecular weight excluding hydrogens is 308 g/mol. The molecule has 0 aliphatic carbocycles. The topological polar surface area (TPSA) is 66.9 Å². The first-order valence-electron chi connectivity index (χ1n) is 7.22. The first-order valence-corrected chi connectivity index (χ1v) is 8.09. The predicted molar refractivity (Wildman–Crippen MR) is 92.5 cm³/mol. The molecule has 6 heteroatoms. The third-order valence-electron chi connectivity index (χ3n) is 3.15. The summed E-state index contributed by atoms with van der Waals surface area (Å²) >= 11 is 1.57. The highest BCUT2D eigenvalue weighted by Gasteiger charge is 2.05. The summed E-state index contributed by atoms with van der Waals surface area (Å²) in [7, 11) is 0. The molecule has 0 aliphatic rings. The van der Waals surface area contributed by atoms with E-state index in [1.54, 1.807) is 29.8 Å². The minimum absolute atomic E-state index is 0.0610. The van der Waals surface area contributed by atoms with Crippen molar-refractivity contribution in [2.24, 2.45) is 0 Å². The SMILES string of the molecule is O=C(Cc1cccs1)Nc1ccc(NCc2ccccn2)cn1. The number of nitrogens with zero attached hydrogens (tertiary/aromatic N) is 2. The zero-order chi connectivity index (χ0) is 15.9. The fourth-order valence-electron chi connectivity index (χ4n) is 2.03. The van der Waals surface area contributed by atoms with E-state index in [9.17, 15) is 4.79 Å². The first-order chi connectivity index (χ1) is 11.3. The Labute approximate surface area is 138 Å². The molecule has 0 radical (unpaired) electrons. The number of carbonyl (C=O) groups excluding carboxylic acids is 1. The lowest BCUT2D eigenvalue weighted by Crippen LogP contribution is -2.14. The maximum atomic E-state index is 11.9. The molecule has 0 saturated heterocycles. The lowest BCUT2D eigenvalue weighted by molar-refractivity contribution is -0.115. The van der Waals surface area contributed by atoms with Gasteiger partial charge in [0.1, 0.15) is 5.82 Å². The molecule has 116 valence electrons. The molecule has 0 bridgehead atoms. The summed E-state index contributed by atoms with van der Waals surface area (Å²) in [4.78, 5) is 21.4. The molecule has 3 heterocycles. The van der Waals surface area contributed by atoms with Crippen LogP contribution in [0.25, 0.3) is 0 Å². The van der Waals surface area contributed by atoms with Crippen LogP contribution in [-0.4, -0.2) is 15.9 Å². The van der Waals surface area contributed by atoms with Crippen molar-refractivity contribution in [1.82, 2.24) is 9.97 Å². The van der Waals surface area contributed by atoms with E-state index in [0.29, 0.717) is 18.8 Å². The molecule has 0 unspecified atom stereocenters. The van der Waals surface area contributed by atoms with Gasteiger partial charge < -0.3 is 10.6 Å². The third kappa shape index (κ3) is 4.62. The second-order valence-corrected chi connectivity index (χ2v) is 5.94. The number of nitrogens with one attached hydrogen (secondary N) is 2. The van der Waals surface area contributed by atoms with Crippen molar-refractivity contribution in [2.75, 3.05) is 10.6 Å². The average molecular weight is 324 g/mol. The monoisotopic (exact) mass is 324 g/mol. The minimum Gasteiger partial charge on any atom is -0.378 e. The molecule has 3 rings (SSSR count). The molecule has 0 atom stereocenters. The number of thiophene rings is 1. The summed E-state index contributed by atoms with van der Waals surface area (Å²) in [6.07, 6.45) is 3.84. The number of aromatic nitrogens is 2. The van der Waals surface area contributed by atoms with E-state index in [1.165, 1.54) is 0 Å². The second-order valence-electron chi connectivity index (χ2n) is 4.91. The zero-order valence-electron chi connectivity index (χ0n) is 12.4. The maximum absolute atomic E-state index is 11.9. The smallest absolute Gasteiger partial charge is 0.230 e. The quantitative estimate of drug-likeness (QED) is 0.730. The van der Waals surface area contributed by atoms with Gasteiger partial charge in [-0.1, -0.05) is 12.1 Å². The number of hydrogen-bond acceptors (Lipinski definition) is 5. The van der Waals surface area contributed by atoms with Crippen molar-refractivity contribution in [3.8, 4) is 0 Å². The lowest BCUT2D eigenvalue weighted by Gasteiger charge is -2.07. The van der Waals surface area contributed by atoms with Gasteiger partial charge in [-0.3, -0.25) is 9.78 Å². The van der Waals surface area contributed by atoms with Crippen LogP contribution in [0.5, 0.6) is 0 Å². The summed E-state index contributed by atoms with van der Waals surface area (Å²) in [5.41, 5.74) is 1.84. The van der Waals surface area contributed by atoms with Gasteiger partial charge in [-0.05, 0) is 35.7 Å². The van der Waals surface area contributed by atoms with Gasteiger partial charge in [-0.25, -0.2) is 4.98 Å². The number of rotatable bonds is 6. The van der Waals surface area contributed by atoms with Gasteiger partial charge in [0, 0.05) is 11.1 Å². The Bertz CT molecular complexity index is 742. The Balaban J connectivity index is 1.51. The van der Waals surface area contributed by atoms with E-state index in [1.807, 2.05) is 41.8 Å². The number of anilines is 2. The van der Waals surface area contributed by atoms with Crippen LogP contribution in [0.15, 0.2) is 60.2 Å². The summed E-state index contributed by atoms with van der Waals surface area (Å²) in [5.74, 6) is 0.490. The Morgan fingerprint density at radius 1 is 1.09 bits per heavy atom. The van der Waals surface area contributed by atoms with E-state index in [0.717, 1.165) is 16.3 Å². The molecule has 2 N–H and O–H groups in total. The molecule has 0 aliphatic heterocycles. The Hall–Kier alpha value is -2.73. The largest absolute Gasteiger partial charge is 0.378 e. The van der Waals surface area contributed by atoms with Crippen LogP contribution >= 0.6 is 11.3 Å². The fourth-order valence-corrected chi connectivity index (χ4v) is 2.73. The average Bonchev–Trinajstić information content (AvgIpc) is 3.08. The van der Waals surface area contributed by atoms with Crippen LogP contribution in [0.3, 0.4) is 0 Å². The van der Waals surface area contributed by atoms with Crippen molar-refractivity contribution in [3.63, 3.8) is 0 Å². The summed E-state index contributed by atoms with van der Waals surface area (Å²) in [6, 6.07) is 13.4. The Morgan fingerprint density at radius 2 is 2.04 bits per heavy atom. The maximum Gasteiger partial charge on any atom is 0.230 e. The van der Waals surface area contributed by atoms with E-state index in [-0.39, 0.29) is 5.91 Å². The fraction of sp³-hybridized carbons (Fsp3) is 0.118. The second kappa shape index (κ2) is 7.51. The van der Waals surface area contributed by atoms with Crippen molar-refractivity contribution < 1.29 is 4.79 Å². The van der Waals surface area contributed by atoms with Crippen LogP contribution in [-0.2, 0) is 17.8 Å². The molecule has 23 heavy (non-hydrogen) atoms. The molecule has 0 saturated carbocycles. The highest BCUT2D eigenvalue weighted by molar-refractivity contribution is 7.10. The standard InChI is InChI=1S/C17H16N4OS/c22-17(10-15-5-3-9-23-15)21-16-7-6-14(12-20-16)19-11-13-4-1-2-8-18-13/h1-9,12,19H,10-11H2,(H,20,21,22). The molecule has 3 aromatic heterocycles. The van der Waals surface area contributed by atoms with Crippen LogP contribution in [0, 0.1) is 0 Å². The van der Waals surface area contributed by atoms with Crippen LogP contribution in [0.2, 0.25) is 0 Å². The van der Waals surface area contributed by atoms with Crippen molar-refractivity contribution in [2.45, 2.75) is 13.0 Å². The summed E-state index contributed by atoms with van der Waals surface area (Å²) in [6.45, 7) is 0.632. The van der Waals surface area contributed by atoms with E-state index < -0.39 is 0 Å². The molecule has 5 nitrogen and oxygen atoms in total. The van der Waals surface area contributed by atoms with Crippen molar-refractivity contribution in [1.29, 1.82) is 0 Å². The number of hydrogen-bond donors (Lipinski definition) is 2. The number of pyridine rings is 2. The van der Waals surface area contributed by atoms with E-state index in [2.05, 4.69) is 20.6 Å². The molecule has 0 aromatic carbocycles. The lowest BCUT2D eigenvalue weighted by atomic mass is 10.3. The van der Waals surface area contributed by atoms with Gasteiger partial charge in [0.15, 0.2) is 0 Å². The Kier molecular flexibility index (Phi) is 4.95. The molecule has 3 aromatic rings. The molecule has 0 spiro atoms. The Morgan fingerprint density at radius 3 is 2.74 bits per heavy atom. The number of amides is 1. The van der Waals surface area contributed by atoms with Crippen LogP contribution in [0.1, 0.15) is 10.6 Å². The van der Waals surface area contributed by atoms with Gasteiger partial charge >= 0.3 is 0 Å². The number of carbonyl (C=O) groups is 1. The normalized spacial score (nSPS) is 10.3. The highest BCUT2D eigenvalue weighted by Crippen LogP contribution is 2.13. The highest BCUT2D eigenvalue weighted by atomic mass is 32.1. The van der Waals surface area contributed by atoms with Gasteiger partial charge in [0.2, 0.25) is 5.91 Å². The first kappa shape index (κ1) is 15.2. The van der Waals surface area contributed by atoms with Gasteiger partial charge in [-0.2, -0.15) is 0 Å². The van der Waals surface area contributed by atoms with E-state index >= 15 is 0 Å². The van der Waals surface area contributed by atoms with Gasteiger partial charge in [0.25, 0.3) is 0 Å². The summed E-state index contributed by atoms with van der Waals surface area (Å²) in [5, 5.41) is 8.00. The van der Waals surface area contributed by atoms with Gasteiger partial charge in [0.05, 0.1) is 30.5 Å². The zero-order valence-corrected chi connectivity index (χ0v) is 13.2. The van der Waals surface area contributed by atoms with E-state index in [4.69, 9.17) is 0 Å². The predicted octanol–water partition coefficient (Wildman–Crippen LogP) is 3.33. The molecule has 0 fully saturated rings. The summed E-state index contributed by atoms with van der Waals surface area (Å²) < 4.78 is 0. The minimum atomic E-state index is -0.0610. The van der Waals surface area contributed by atoms with Crippen LogP contribution < -0.4 is 10.6 Å². The van der Waals surface area contributed by atoms with Crippen molar-refractivity contribution >= 4 is 28.7 Å². The van der Waals surface area contributed by atoms with Crippen LogP contribution in [0.4, 0.5) is 11.5 Å². The van der Waals surface area contributed by atoms with Gasteiger partial charge in [-0.15, -0.1) is 11.3 Å². The molecular formula is C17H16N4OS. The third-order valence-corrected chi connectivity index (χ3v) is 4.02. The van der Waals surface area contributed by atoms with Crippen molar-refractivity contribution in [3.05, 3.63) is 70.8 Å².